The van der Waals surface area contributed by atoms with Gasteiger partial charge >= 0.3 is 0 Å². The van der Waals surface area contributed by atoms with Crippen LogP contribution in [0.5, 0.6) is 5.75 Å². The highest BCUT2D eigenvalue weighted by Gasteiger charge is 2.07. The van der Waals surface area contributed by atoms with E-state index < -0.39 is 0 Å². The smallest absolute Gasteiger partial charge is 0.250 e. The predicted molar refractivity (Wildman–Crippen MR) is 104 cm³/mol. The molecule has 0 spiro atoms. The van der Waals surface area contributed by atoms with E-state index in [2.05, 4.69) is 15.5 Å². The lowest BCUT2D eigenvalue weighted by atomic mass is 10.1. The van der Waals surface area contributed by atoms with Crippen molar-refractivity contribution in [1.82, 2.24) is 10.4 Å². The number of hydrogen-bond donors (Lipinski definition) is 1. The van der Waals surface area contributed by atoms with E-state index >= 15 is 0 Å². The topological polar surface area (TPSA) is 63.6 Å². The molecule has 1 aromatic heterocycles. The highest BCUT2D eigenvalue weighted by Crippen LogP contribution is 2.28. The molecule has 0 aliphatic rings. The summed E-state index contributed by atoms with van der Waals surface area (Å²) in [6.45, 7) is 1.85. The molecule has 0 atom stereocenters. The average molecular weight is 371 g/mol. The molecule has 0 aliphatic heterocycles. The summed E-state index contributed by atoms with van der Waals surface area (Å²) in [5.74, 6) is 0.907. The van der Waals surface area contributed by atoms with Crippen molar-refractivity contribution in [2.75, 3.05) is 12.9 Å². The SMILES string of the molecule is COc1ccc(/C(C)=N\NC(=O)CSc2nc3ccccc3s2)cc1. The quantitative estimate of drug-likeness (QED) is 0.405. The van der Waals surface area contributed by atoms with Gasteiger partial charge in [-0.3, -0.25) is 4.79 Å². The largest absolute Gasteiger partial charge is 0.497 e. The second-order valence-corrected chi connectivity index (χ2v) is 7.45. The molecule has 3 rings (SSSR count). The van der Waals surface area contributed by atoms with Crippen LogP contribution in [0.2, 0.25) is 0 Å². The number of methoxy groups -OCH3 is 1. The second kappa shape index (κ2) is 8.13. The van der Waals surface area contributed by atoms with Crippen LogP contribution in [0.15, 0.2) is 58.0 Å². The van der Waals surface area contributed by atoms with Gasteiger partial charge in [-0.05, 0) is 48.9 Å². The van der Waals surface area contributed by atoms with Crippen LogP contribution in [0.4, 0.5) is 0 Å². The predicted octanol–water partition coefficient (Wildman–Crippen LogP) is 3.94. The maximum Gasteiger partial charge on any atom is 0.250 e. The number of carbonyl (C=O) groups excluding carboxylic acids is 1. The van der Waals surface area contributed by atoms with Crippen molar-refractivity contribution in [1.29, 1.82) is 0 Å². The first-order valence-corrected chi connectivity index (χ1v) is 9.42. The summed E-state index contributed by atoms with van der Waals surface area (Å²) in [6, 6.07) is 15.5. The number of nitrogens with one attached hydrogen (secondary N) is 1. The summed E-state index contributed by atoms with van der Waals surface area (Å²) in [4.78, 5) is 16.5. The third-order valence-electron chi connectivity index (χ3n) is 3.46. The Morgan fingerprint density at radius 3 is 2.72 bits per heavy atom. The minimum Gasteiger partial charge on any atom is -0.497 e. The van der Waals surface area contributed by atoms with Gasteiger partial charge < -0.3 is 4.74 Å². The van der Waals surface area contributed by atoms with Crippen LogP contribution in [0, 0.1) is 0 Å². The van der Waals surface area contributed by atoms with Crippen molar-refractivity contribution < 1.29 is 9.53 Å². The van der Waals surface area contributed by atoms with Crippen molar-refractivity contribution in [2.24, 2.45) is 5.10 Å². The third kappa shape index (κ3) is 4.58. The van der Waals surface area contributed by atoms with Crippen molar-refractivity contribution >= 4 is 44.9 Å². The lowest BCUT2D eigenvalue weighted by molar-refractivity contribution is -0.118. The fraction of sp³-hybridized carbons (Fsp3) is 0.167. The number of para-hydroxylation sites is 1. The van der Waals surface area contributed by atoms with Crippen molar-refractivity contribution in [3.63, 3.8) is 0 Å². The van der Waals surface area contributed by atoms with E-state index in [0.29, 0.717) is 0 Å². The Bertz CT molecular complexity index is 871. The number of fused-ring (bicyclic) bond motifs is 1. The van der Waals surface area contributed by atoms with E-state index in [-0.39, 0.29) is 11.7 Å². The summed E-state index contributed by atoms with van der Waals surface area (Å²) in [5.41, 5.74) is 5.22. The maximum absolute atomic E-state index is 12.0. The van der Waals surface area contributed by atoms with Gasteiger partial charge in [-0.2, -0.15) is 5.10 Å². The van der Waals surface area contributed by atoms with Gasteiger partial charge in [-0.15, -0.1) is 11.3 Å². The number of thioether (sulfide) groups is 1. The number of aromatic nitrogens is 1. The second-order valence-electron chi connectivity index (χ2n) is 5.20. The van der Waals surface area contributed by atoms with E-state index in [1.54, 1.807) is 18.4 Å². The van der Waals surface area contributed by atoms with Gasteiger partial charge in [0, 0.05) is 0 Å². The molecule has 7 heteroatoms. The Balaban J connectivity index is 1.54. The number of nitrogens with zero attached hydrogens (tertiary/aromatic N) is 2. The highest BCUT2D eigenvalue weighted by atomic mass is 32.2. The summed E-state index contributed by atoms with van der Waals surface area (Å²) >= 11 is 3.00. The number of hydrazone groups is 1. The molecule has 0 bridgehead atoms. The van der Waals surface area contributed by atoms with Crippen LogP contribution < -0.4 is 10.2 Å². The number of thiazole rings is 1. The van der Waals surface area contributed by atoms with E-state index in [0.717, 1.165) is 31.6 Å². The van der Waals surface area contributed by atoms with Gasteiger partial charge in [0.15, 0.2) is 4.34 Å². The van der Waals surface area contributed by atoms with Crippen LogP contribution in [0.1, 0.15) is 12.5 Å². The standard InChI is InChI=1S/C18H17N3O2S2/c1-12(13-7-9-14(23-2)10-8-13)20-21-17(22)11-24-18-19-15-5-3-4-6-16(15)25-18/h3-10H,11H2,1-2H3,(H,21,22)/b20-12-. The first-order chi connectivity index (χ1) is 12.2. The molecule has 0 unspecified atom stereocenters. The average Bonchev–Trinajstić information content (AvgIpc) is 3.07. The van der Waals surface area contributed by atoms with E-state index in [1.807, 2.05) is 55.5 Å². The number of rotatable bonds is 6. The zero-order chi connectivity index (χ0) is 17.6. The monoisotopic (exact) mass is 371 g/mol. The Hall–Kier alpha value is -2.38. The number of amides is 1. The van der Waals surface area contributed by atoms with Gasteiger partial charge in [0.05, 0.1) is 28.8 Å². The molecule has 0 saturated heterocycles. The van der Waals surface area contributed by atoms with Crippen LogP contribution in [-0.2, 0) is 4.79 Å². The summed E-state index contributed by atoms with van der Waals surface area (Å²) in [6.07, 6.45) is 0. The van der Waals surface area contributed by atoms with Gasteiger partial charge in [0.1, 0.15) is 5.75 Å². The summed E-state index contributed by atoms with van der Waals surface area (Å²) < 4.78 is 7.13. The van der Waals surface area contributed by atoms with Crippen LogP contribution >= 0.6 is 23.1 Å². The molecule has 2 aromatic carbocycles. The van der Waals surface area contributed by atoms with Gasteiger partial charge in [0.25, 0.3) is 5.91 Å². The fourth-order valence-electron chi connectivity index (χ4n) is 2.12. The molecular formula is C18H17N3O2S2. The van der Waals surface area contributed by atoms with Gasteiger partial charge in [0.2, 0.25) is 0 Å². The molecule has 5 nitrogen and oxygen atoms in total. The van der Waals surface area contributed by atoms with Crippen LogP contribution in [0.3, 0.4) is 0 Å². The summed E-state index contributed by atoms with van der Waals surface area (Å²) in [7, 11) is 1.62. The zero-order valence-electron chi connectivity index (χ0n) is 13.9. The Morgan fingerprint density at radius 1 is 1.24 bits per heavy atom. The maximum atomic E-state index is 12.0. The molecule has 1 amide bonds. The van der Waals surface area contributed by atoms with Crippen molar-refractivity contribution in [3.8, 4) is 5.75 Å². The van der Waals surface area contributed by atoms with Crippen molar-refractivity contribution in [3.05, 3.63) is 54.1 Å². The Kier molecular flexibility index (Phi) is 5.67. The van der Waals surface area contributed by atoms with E-state index in [1.165, 1.54) is 11.8 Å². The molecule has 3 aromatic rings. The number of carbonyl (C=O) groups is 1. The molecule has 1 heterocycles. The molecular weight excluding hydrogens is 354 g/mol. The Morgan fingerprint density at radius 2 is 2.00 bits per heavy atom. The Labute approximate surface area is 154 Å². The molecule has 0 fully saturated rings. The van der Waals surface area contributed by atoms with E-state index in [9.17, 15) is 4.79 Å². The molecule has 0 radical (unpaired) electrons. The van der Waals surface area contributed by atoms with Gasteiger partial charge in [-0.25, -0.2) is 10.4 Å². The van der Waals surface area contributed by atoms with Crippen LogP contribution in [-0.4, -0.2) is 29.5 Å². The number of ether oxygens (including phenoxy) is 1. The first kappa shape index (κ1) is 17.4. The minimum absolute atomic E-state index is 0.155. The van der Waals surface area contributed by atoms with Gasteiger partial charge in [-0.1, -0.05) is 23.9 Å². The lowest BCUT2D eigenvalue weighted by Gasteiger charge is -2.04. The normalized spacial score (nSPS) is 11.5. The molecule has 0 saturated carbocycles. The summed E-state index contributed by atoms with van der Waals surface area (Å²) in [5, 5.41) is 4.15. The molecule has 25 heavy (non-hydrogen) atoms. The molecule has 0 aliphatic carbocycles. The molecule has 1 N–H and O–H groups in total. The zero-order valence-corrected chi connectivity index (χ0v) is 15.5. The fourth-order valence-corrected chi connectivity index (χ4v) is 3.98. The number of benzene rings is 2. The first-order valence-electron chi connectivity index (χ1n) is 7.61. The third-order valence-corrected chi connectivity index (χ3v) is 5.64. The highest BCUT2D eigenvalue weighted by molar-refractivity contribution is 8.01. The minimum atomic E-state index is -0.155. The van der Waals surface area contributed by atoms with E-state index in [4.69, 9.17) is 4.74 Å². The number of hydrogen-bond acceptors (Lipinski definition) is 6. The molecule has 128 valence electrons. The van der Waals surface area contributed by atoms with Crippen LogP contribution in [0.25, 0.3) is 10.2 Å². The van der Waals surface area contributed by atoms with Crippen molar-refractivity contribution in [2.45, 2.75) is 11.3 Å². The lowest BCUT2D eigenvalue weighted by Crippen LogP contribution is -2.21.